The van der Waals surface area contributed by atoms with Crippen LogP contribution in [0, 0.1) is 5.92 Å². The van der Waals surface area contributed by atoms with Gasteiger partial charge in [0.15, 0.2) is 0 Å². The quantitative estimate of drug-likeness (QED) is 0.830. The number of hydrogen-bond acceptors (Lipinski definition) is 2. The first-order chi connectivity index (χ1) is 7.66. The molecule has 0 spiro atoms. The molecule has 1 fully saturated rings. The summed E-state index contributed by atoms with van der Waals surface area (Å²) >= 11 is 0. The number of likely N-dealkylation sites (tertiary alicyclic amines) is 1. The van der Waals surface area contributed by atoms with E-state index in [1.54, 1.807) is 0 Å². The van der Waals surface area contributed by atoms with Crippen LogP contribution in [0.4, 0.5) is 13.2 Å². The van der Waals surface area contributed by atoms with E-state index in [0.29, 0.717) is 19.0 Å². The molecular weight excluding hydrogens is 229 g/mol. The number of nitrogens with zero attached hydrogens (tertiary/aromatic N) is 1. The molecular formula is C12H23F3N2. The van der Waals surface area contributed by atoms with E-state index in [0.717, 1.165) is 19.4 Å². The van der Waals surface area contributed by atoms with Gasteiger partial charge in [0.25, 0.3) is 0 Å². The topological polar surface area (TPSA) is 15.3 Å². The van der Waals surface area contributed by atoms with Gasteiger partial charge in [-0.2, -0.15) is 13.2 Å². The summed E-state index contributed by atoms with van der Waals surface area (Å²) in [5, 5.41) is 3.37. The Morgan fingerprint density at radius 3 is 2.41 bits per heavy atom. The second-order valence-electron chi connectivity index (χ2n) is 5.99. The van der Waals surface area contributed by atoms with Crippen molar-refractivity contribution in [3.05, 3.63) is 0 Å². The van der Waals surface area contributed by atoms with Gasteiger partial charge in [-0.3, -0.25) is 4.90 Å². The summed E-state index contributed by atoms with van der Waals surface area (Å²) in [5.74, 6) is 0.338. The maximum Gasteiger partial charge on any atom is 0.401 e. The Morgan fingerprint density at radius 2 is 1.88 bits per heavy atom. The lowest BCUT2D eigenvalue weighted by molar-refractivity contribution is -0.149. The number of nitrogens with one attached hydrogen (secondary N) is 1. The van der Waals surface area contributed by atoms with Gasteiger partial charge < -0.3 is 5.32 Å². The van der Waals surface area contributed by atoms with E-state index >= 15 is 0 Å². The molecule has 0 aromatic heterocycles. The Kier molecular flexibility index (Phi) is 4.84. The highest BCUT2D eigenvalue weighted by Gasteiger charge is 2.33. The van der Waals surface area contributed by atoms with E-state index in [1.165, 1.54) is 4.90 Å². The molecule has 1 atom stereocenters. The molecule has 102 valence electrons. The van der Waals surface area contributed by atoms with Crippen molar-refractivity contribution in [3.63, 3.8) is 0 Å². The van der Waals surface area contributed by atoms with Gasteiger partial charge in [0.05, 0.1) is 6.54 Å². The third-order valence-electron chi connectivity index (χ3n) is 2.93. The predicted octanol–water partition coefficient (Wildman–Crippen LogP) is 2.65. The zero-order valence-electron chi connectivity index (χ0n) is 10.9. The first-order valence-corrected chi connectivity index (χ1v) is 6.20. The molecule has 1 aliphatic rings. The minimum Gasteiger partial charge on any atom is -0.312 e. The molecule has 0 amide bonds. The van der Waals surface area contributed by atoms with Crippen LogP contribution in [0.1, 0.15) is 33.6 Å². The number of halogens is 3. The van der Waals surface area contributed by atoms with E-state index in [-0.39, 0.29) is 5.54 Å². The standard InChI is InChI=1S/C12H23F3N2/c1-11(2,3)16-7-10-5-4-6-17(8-10)9-12(13,14)15/h10,16H,4-9H2,1-3H3. The number of piperidine rings is 1. The number of hydrogen-bond donors (Lipinski definition) is 1. The van der Waals surface area contributed by atoms with Gasteiger partial charge in [-0.05, 0) is 52.6 Å². The van der Waals surface area contributed by atoms with Crippen molar-refractivity contribution >= 4 is 0 Å². The fourth-order valence-electron chi connectivity index (χ4n) is 2.17. The molecule has 0 aromatic rings. The maximum atomic E-state index is 12.3. The Hall–Kier alpha value is -0.290. The maximum absolute atomic E-state index is 12.3. The summed E-state index contributed by atoms with van der Waals surface area (Å²) in [6, 6.07) is 0. The SMILES string of the molecule is CC(C)(C)NCC1CCCN(CC(F)(F)F)C1. The van der Waals surface area contributed by atoms with Gasteiger partial charge in [0.1, 0.15) is 0 Å². The second-order valence-corrected chi connectivity index (χ2v) is 5.99. The fraction of sp³-hybridized carbons (Fsp3) is 1.00. The molecule has 2 nitrogen and oxygen atoms in total. The van der Waals surface area contributed by atoms with Crippen molar-refractivity contribution in [2.75, 3.05) is 26.2 Å². The summed E-state index contributed by atoms with van der Waals surface area (Å²) < 4.78 is 36.9. The van der Waals surface area contributed by atoms with Gasteiger partial charge in [0.2, 0.25) is 0 Å². The first kappa shape index (κ1) is 14.8. The fourth-order valence-corrected chi connectivity index (χ4v) is 2.17. The molecule has 1 N–H and O–H groups in total. The van der Waals surface area contributed by atoms with Crippen LogP contribution in [0.3, 0.4) is 0 Å². The van der Waals surface area contributed by atoms with Gasteiger partial charge in [-0.25, -0.2) is 0 Å². The molecule has 1 unspecified atom stereocenters. The summed E-state index contributed by atoms with van der Waals surface area (Å²) in [4.78, 5) is 1.53. The molecule has 0 aliphatic carbocycles. The van der Waals surface area contributed by atoms with E-state index in [4.69, 9.17) is 0 Å². The molecule has 0 bridgehead atoms. The number of rotatable bonds is 3. The first-order valence-electron chi connectivity index (χ1n) is 6.20. The highest BCUT2D eigenvalue weighted by atomic mass is 19.4. The molecule has 5 heteroatoms. The van der Waals surface area contributed by atoms with Gasteiger partial charge in [-0.1, -0.05) is 0 Å². The predicted molar refractivity (Wildman–Crippen MR) is 63.0 cm³/mol. The van der Waals surface area contributed by atoms with Crippen LogP contribution in [0.5, 0.6) is 0 Å². The summed E-state index contributed by atoms with van der Waals surface area (Å²) in [6.45, 7) is 7.39. The van der Waals surface area contributed by atoms with Crippen LogP contribution < -0.4 is 5.32 Å². The molecule has 1 aliphatic heterocycles. The van der Waals surface area contributed by atoms with Crippen molar-refractivity contribution < 1.29 is 13.2 Å². The summed E-state index contributed by atoms with van der Waals surface area (Å²) in [6.07, 6.45) is -2.18. The Morgan fingerprint density at radius 1 is 1.24 bits per heavy atom. The van der Waals surface area contributed by atoms with E-state index in [2.05, 4.69) is 26.1 Å². The Bertz CT molecular complexity index is 233. The van der Waals surface area contributed by atoms with Crippen molar-refractivity contribution in [2.45, 2.75) is 45.3 Å². The summed E-state index contributed by atoms with van der Waals surface area (Å²) in [7, 11) is 0. The molecule has 1 rings (SSSR count). The summed E-state index contributed by atoms with van der Waals surface area (Å²) in [5.41, 5.74) is 0.0340. The van der Waals surface area contributed by atoms with Gasteiger partial charge >= 0.3 is 6.18 Å². The van der Waals surface area contributed by atoms with E-state index in [1.807, 2.05) is 0 Å². The van der Waals surface area contributed by atoms with Gasteiger partial charge in [0, 0.05) is 12.1 Å². The Balaban J connectivity index is 2.34. The van der Waals surface area contributed by atoms with Crippen molar-refractivity contribution in [2.24, 2.45) is 5.92 Å². The third-order valence-corrected chi connectivity index (χ3v) is 2.93. The molecule has 0 aromatic carbocycles. The van der Waals surface area contributed by atoms with E-state index in [9.17, 15) is 13.2 Å². The molecule has 1 heterocycles. The largest absolute Gasteiger partial charge is 0.401 e. The van der Waals surface area contributed by atoms with Crippen LogP contribution in [-0.4, -0.2) is 42.8 Å². The highest BCUT2D eigenvalue weighted by molar-refractivity contribution is 4.79. The smallest absolute Gasteiger partial charge is 0.312 e. The lowest BCUT2D eigenvalue weighted by Gasteiger charge is -2.34. The minimum absolute atomic E-state index is 0.0340. The van der Waals surface area contributed by atoms with Crippen LogP contribution in [-0.2, 0) is 0 Å². The minimum atomic E-state index is -4.07. The van der Waals surface area contributed by atoms with Crippen LogP contribution in [0.15, 0.2) is 0 Å². The lowest BCUT2D eigenvalue weighted by atomic mass is 9.96. The highest BCUT2D eigenvalue weighted by Crippen LogP contribution is 2.22. The number of alkyl halides is 3. The van der Waals surface area contributed by atoms with Crippen LogP contribution in [0.25, 0.3) is 0 Å². The van der Waals surface area contributed by atoms with Crippen molar-refractivity contribution in [1.82, 2.24) is 10.2 Å². The van der Waals surface area contributed by atoms with Crippen LogP contribution >= 0.6 is 0 Å². The third kappa shape index (κ3) is 6.88. The second kappa shape index (κ2) is 5.57. The van der Waals surface area contributed by atoms with E-state index < -0.39 is 12.7 Å². The van der Waals surface area contributed by atoms with Crippen LogP contribution in [0.2, 0.25) is 0 Å². The zero-order valence-corrected chi connectivity index (χ0v) is 10.9. The van der Waals surface area contributed by atoms with Gasteiger partial charge in [-0.15, -0.1) is 0 Å². The zero-order chi connectivity index (χ0) is 13.1. The molecule has 1 saturated heterocycles. The normalized spacial score (nSPS) is 24.0. The molecule has 0 radical (unpaired) electrons. The van der Waals surface area contributed by atoms with Crippen molar-refractivity contribution in [1.29, 1.82) is 0 Å². The lowest BCUT2D eigenvalue weighted by Crippen LogP contribution is -2.46. The average Bonchev–Trinajstić information content (AvgIpc) is 2.11. The Labute approximate surface area is 102 Å². The van der Waals surface area contributed by atoms with Crippen molar-refractivity contribution in [3.8, 4) is 0 Å². The molecule has 0 saturated carbocycles. The molecule has 17 heavy (non-hydrogen) atoms. The monoisotopic (exact) mass is 252 g/mol. The average molecular weight is 252 g/mol.